The Bertz CT molecular complexity index is 437. The first kappa shape index (κ1) is 17.8. The predicted octanol–water partition coefficient (Wildman–Crippen LogP) is 3.46. The van der Waals surface area contributed by atoms with E-state index in [1.54, 1.807) is 0 Å². The fourth-order valence-corrected chi connectivity index (χ4v) is 1.95. The largest absolute Gasteiger partial charge is 0.402 e. The lowest BCUT2D eigenvalue weighted by atomic mass is 9.95. The SMILES string of the molecule is CCC(C)n1ccc(CC(N)C(C(F)(F)F)C(F)(F)F)n1. The Balaban J connectivity index is 2.87. The molecule has 0 saturated heterocycles. The molecule has 3 nitrogen and oxygen atoms in total. The third kappa shape index (κ3) is 4.62. The molecule has 0 aliphatic heterocycles. The first-order chi connectivity index (χ1) is 9.46. The van der Waals surface area contributed by atoms with Gasteiger partial charge in [-0.15, -0.1) is 0 Å². The molecule has 2 atom stereocenters. The van der Waals surface area contributed by atoms with Crippen LogP contribution >= 0.6 is 0 Å². The lowest BCUT2D eigenvalue weighted by molar-refractivity contribution is -0.289. The summed E-state index contributed by atoms with van der Waals surface area (Å²) in [6, 6.07) is -0.725. The second kappa shape index (κ2) is 6.25. The van der Waals surface area contributed by atoms with E-state index in [1.165, 1.54) is 16.9 Å². The third-order valence-corrected chi connectivity index (χ3v) is 3.28. The third-order valence-electron chi connectivity index (χ3n) is 3.28. The van der Waals surface area contributed by atoms with Crippen molar-refractivity contribution in [2.75, 3.05) is 0 Å². The molecule has 0 bridgehead atoms. The van der Waals surface area contributed by atoms with Gasteiger partial charge in [-0.3, -0.25) is 4.68 Å². The van der Waals surface area contributed by atoms with E-state index in [1.807, 2.05) is 13.8 Å². The van der Waals surface area contributed by atoms with E-state index in [-0.39, 0.29) is 11.7 Å². The van der Waals surface area contributed by atoms with E-state index in [9.17, 15) is 26.3 Å². The summed E-state index contributed by atoms with van der Waals surface area (Å²) in [6.07, 6.45) is -9.20. The first-order valence-electron chi connectivity index (χ1n) is 6.39. The minimum atomic E-state index is -5.43. The molecule has 0 aliphatic rings. The molecule has 0 aromatic carbocycles. The van der Waals surface area contributed by atoms with Crippen molar-refractivity contribution in [3.8, 4) is 0 Å². The zero-order valence-corrected chi connectivity index (χ0v) is 11.5. The summed E-state index contributed by atoms with van der Waals surface area (Å²) in [5, 5.41) is 3.97. The van der Waals surface area contributed by atoms with Gasteiger partial charge in [-0.2, -0.15) is 31.4 Å². The van der Waals surface area contributed by atoms with Crippen LogP contribution in [0.1, 0.15) is 32.0 Å². The van der Waals surface area contributed by atoms with Crippen molar-refractivity contribution in [1.82, 2.24) is 9.78 Å². The van der Waals surface area contributed by atoms with Crippen molar-refractivity contribution in [2.24, 2.45) is 11.7 Å². The van der Waals surface area contributed by atoms with Gasteiger partial charge in [0.05, 0.1) is 5.69 Å². The van der Waals surface area contributed by atoms with Crippen LogP contribution in [0.3, 0.4) is 0 Å². The van der Waals surface area contributed by atoms with E-state index in [0.29, 0.717) is 0 Å². The molecular formula is C12H17F6N3. The number of hydrogen-bond donors (Lipinski definition) is 1. The fraction of sp³-hybridized carbons (Fsp3) is 0.750. The molecule has 0 spiro atoms. The Kier molecular flexibility index (Phi) is 5.30. The van der Waals surface area contributed by atoms with Crippen molar-refractivity contribution in [3.05, 3.63) is 18.0 Å². The summed E-state index contributed by atoms with van der Waals surface area (Å²) in [4.78, 5) is 0. The number of nitrogens with two attached hydrogens (primary N) is 1. The van der Waals surface area contributed by atoms with Gasteiger partial charge in [0.25, 0.3) is 0 Å². The summed E-state index contributed by atoms with van der Waals surface area (Å²) < 4.78 is 76.7. The van der Waals surface area contributed by atoms with Crippen molar-refractivity contribution in [3.63, 3.8) is 0 Å². The zero-order chi connectivity index (χ0) is 16.4. The molecule has 0 amide bonds. The molecule has 9 heteroatoms. The average Bonchev–Trinajstić information content (AvgIpc) is 2.72. The van der Waals surface area contributed by atoms with Crippen LogP contribution in [-0.4, -0.2) is 28.2 Å². The number of hydrogen-bond acceptors (Lipinski definition) is 2. The minimum absolute atomic E-state index is 0.0102. The van der Waals surface area contributed by atoms with Crippen LogP contribution in [0.4, 0.5) is 26.3 Å². The smallest absolute Gasteiger partial charge is 0.326 e. The molecular weight excluding hydrogens is 300 g/mol. The Morgan fingerprint density at radius 1 is 1.19 bits per heavy atom. The maximum absolute atomic E-state index is 12.5. The number of rotatable bonds is 5. The number of halogens is 6. The van der Waals surface area contributed by atoms with E-state index >= 15 is 0 Å². The highest BCUT2D eigenvalue weighted by molar-refractivity contribution is 5.04. The summed E-state index contributed by atoms with van der Waals surface area (Å²) in [6.45, 7) is 3.73. The van der Waals surface area contributed by atoms with Crippen LogP contribution in [-0.2, 0) is 6.42 Å². The molecule has 122 valence electrons. The molecule has 0 radical (unpaired) electrons. The molecule has 1 rings (SSSR count). The summed E-state index contributed by atoms with van der Waals surface area (Å²) in [5.74, 6) is -3.56. The van der Waals surface area contributed by atoms with Gasteiger partial charge in [-0.05, 0) is 19.4 Å². The summed E-state index contributed by atoms with van der Waals surface area (Å²) in [5.41, 5.74) is 5.26. The molecule has 0 aliphatic carbocycles. The molecule has 0 saturated carbocycles. The second-order valence-corrected chi connectivity index (χ2v) is 4.97. The van der Waals surface area contributed by atoms with Gasteiger partial charge in [0.1, 0.15) is 0 Å². The van der Waals surface area contributed by atoms with Crippen LogP contribution in [0, 0.1) is 5.92 Å². The maximum Gasteiger partial charge on any atom is 0.402 e. The van der Waals surface area contributed by atoms with Crippen LogP contribution < -0.4 is 5.73 Å². The van der Waals surface area contributed by atoms with Crippen LogP contribution in [0.15, 0.2) is 12.3 Å². The maximum atomic E-state index is 12.5. The molecule has 21 heavy (non-hydrogen) atoms. The highest BCUT2D eigenvalue weighted by atomic mass is 19.4. The predicted molar refractivity (Wildman–Crippen MR) is 64.5 cm³/mol. The minimum Gasteiger partial charge on any atom is -0.326 e. The summed E-state index contributed by atoms with van der Waals surface area (Å²) in [7, 11) is 0. The fourth-order valence-electron chi connectivity index (χ4n) is 1.95. The van der Waals surface area contributed by atoms with Crippen LogP contribution in [0.5, 0.6) is 0 Å². The van der Waals surface area contributed by atoms with E-state index < -0.39 is 30.7 Å². The van der Waals surface area contributed by atoms with Crippen molar-refractivity contribution in [1.29, 1.82) is 0 Å². The Morgan fingerprint density at radius 3 is 2.14 bits per heavy atom. The Labute approximate surface area is 118 Å². The number of nitrogens with zero attached hydrogens (tertiary/aromatic N) is 2. The van der Waals surface area contributed by atoms with E-state index in [0.717, 1.165) is 6.42 Å². The monoisotopic (exact) mass is 317 g/mol. The molecule has 2 N–H and O–H groups in total. The van der Waals surface area contributed by atoms with Gasteiger partial charge in [0, 0.05) is 24.7 Å². The molecule has 1 aromatic heterocycles. The standard InChI is InChI=1S/C12H17F6N3/c1-3-7(2)21-5-4-8(20-21)6-9(19)10(11(13,14)15)12(16,17)18/h4-5,7,9-10H,3,6,19H2,1-2H3. The first-order valence-corrected chi connectivity index (χ1v) is 6.39. The van der Waals surface area contributed by atoms with Crippen molar-refractivity contribution < 1.29 is 26.3 Å². The van der Waals surface area contributed by atoms with Crippen LogP contribution in [0.2, 0.25) is 0 Å². The highest BCUT2D eigenvalue weighted by Crippen LogP contribution is 2.41. The lowest BCUT2D eigenvalue weighted by Gasteiger charge is -2.27. The zero-order valence-electron chi connectivity index (χ0n) is 11.5. The molecule has 1 aromatic rings. The molecule has 2 unspecified atom stereocenters. The van der Waals surface area contributed by atoms with Gasteiger partial charge in [-0.25, -0.2) is 0 Å². The quantitative estimate of drug-likeness (QED) is 0.845. The van der Waals surface area contributed by atoms with Gasteiger partial charge in [0.2, 0.25) is 0 Å². The second-order valence-electron chi connectivity index (χ2n) is 4.97. The Morgan fingerprint density at radius 2 is 1.71 bits per heavy atom. The lowest BCUT2D eigenvalue weighted by Crippen LogP contribution is -2.49. The van der Waals surface area contributed by atoms with Crippen molar-refractivity contribution in [2.45, 2.75) is 51.1 Å². The highest BCUT2D eigenvalue weighted by Gasteiger charge is 2.59. The average molecular weight is 317 g/mol. The van der Waals surface area contributed by atoms with Crippen molar-refractivity contribution >= 4 is 0 Å². The van der Waals surface area contributed by atoms with Gasteiger partial charge < -0.3 is 5.73 Å². The van der Waals surface area contributed by atoms with Gasteiger partial charge >= 0.3 is 12.4 Å². The van der Waals surface area contributed by atoms with Crippen LogP contribution in [0.25, 0.3) is 0 Å². The van der Waals surface area contributed by atoms with Gasteiger partial charge in [-0.1, -0.05) is 6.92 Å². The molecule has 0 fully saturated rings. The number of alkyl halides is 6. The summed E-state index contributed by atoms with van der Waals surface area (Å²) >= 11 is 0. The topological polar surface area (TPSA) is 43.8 Å². The van der Waals surface area contributed by atoms with Gasteiger partial charge in [0.15, 0.2) is 5.92 Å². The normalized spacial score (nSPS) is 16.3. The molecule has 1 heterocycles. The van der Waals surface area contributed by atoms with E-state index in [4.69, 9.17) is 5.73 Å². The van der Waals surface area contributed by atoms with E-state index in [2.05, 4.69) is 5.10 Å². The Hall–Kier alpha value is -1.25. The number of aromatic nitrogens is 2.